The number of pyridine rings is 1. The molecule has 0 aromatic carbocycles. The molecule has 0 N–H and O–H groups in total. The minimum absolute atomic E-state index is 0.0261. The van der Waals surface area contributed by atoms with E-state index in [1.807, 2.05) is 30.0 Å². The molecule has 0 unspecified atom stereocenters. The monoisotopic (exact) mass is 328 g/mol. The van der Waals surface area contributed by atoms with Crippen LogP contribution in [0.2, 0.25) is 0 Å². The van der Waals surface area contributed by atoms with Gasteiger partial charge < -0.3 is 14.5 Å². The molecule has 2 aliphatic rings. The maximum atomic E-state index is 12.8. The summed E-state index contributed by atoms with van der Waals surface area (Å²) in [6.45, 7) is 5.28. The van der Waals surface area contributed by atoms with E-state index in [0.29, 0.717) is 38.4 Å². The zero-order valence-electron chi connectivity index (χ0n) is 14.2. The van der Waals surface area contributed by atoms with E-state index >= 15 is 0 Å². The van der Waals surface area contributed by atoms with Gasteiger partial charge in [0.1, 0.15) is 11.2 Å². The number of amides is 1. The third-order valence-corrected chi connectivity index (χ3v) is 4.97. The Kier molecular flexibility index (Phi) is 4.89. The summed E-state index contributed by atoms with van der Waals surface area (Å²) in [6.07, 6.45) is 3.38. The highest BCUT2D eigenvalue weighted by atomic mass is 16.5. The Morgan fingerprint density at radius 3 is 2.62 bits per heavy atom. The number of aromatic nitrogens is 1. The second-order valence-electron chi connectivity index (χ2n) is 6.45. The van der Waals surface area contributed by atoms with Crippen LogP contribution in [0, 0.1) is 16.7 Å². The van der Waals surface area contributed by atoms with E-state index in [4.69, 9.17) is 4.74 Å². The van der Waals surface area contributed by atoms with Crippen molar-refractivity contribution in [1.29, 1.82) is 5.26 Å². The van der Waals surface area contributed by atoms with Gasteiger partial charge in [0.2, 0.25) is 11.8 Å². The molecule has 1 aromatic heterocycles. The first kappa shape index (κ1) is 16.6. The van der Waals surface area contributed by atoms with Crippen molar-refractivity contribution in [3.8, 4) is 11.9 Å². The molecule has 128 valence electrons. The number of nitriles is 1. The summed E-state index contributed by atoms with van der Waals surface area (Å²) in [6, 6.07) is 8.06. The number of rotatable bonds is 4. The number of ether oxygens (including phenoxy) is 1. The van der Waals surface area contributed by atoms with Crippen LogP contribution in [0.15, 0.2) is 18.2 Å². The van der Waals surface area contributed by atoms with Crippen LogP contribution in [0.25, 0.3) is 0 Å². The highest BCUT2D eigenvalue weighted by Gasteiger charge is 2.44. The van der Waals surface area contributed by atoms with E-state index in [0.717, 1.165) is 31.7 Å². The molecular weight excluding hydrogens is 304 g/mol. The van der Waals surface area contributed by atoms with Crippen LogP contribution in [-0.4, -0.2) is 48.6 Å². The lowest BCUT2D eigenvalue weighted by Gasteiger charge is -2.38. The molecule has 0 spiro atoms. The van der Waals surface area contributed by atoms with E-state index in [1.54, 1.807) is 0 Å². The minimum Gasteiger partial charge on any atom is -0.478 e. The molecule has 6 heteroatoms. The Morgan fingerprint density at radius 1 is 1.29 bits per heavy atom. The minimum atomic E-state index is -0.769. The summed E-state index contributed by atoms with van der Waals surface area (Å²) in [5, 5.41) is 9.50. The fourth-order valence-corrected chi connectivity index (χ4v) is 3.60. The van der Waals surface area contributed by atoms with Crippen LogP contribution in [0.4, 0.5) is 5.82 Å². The van der Waals surface area contributed by atoms with Gasteiger partial charge in [0.15, 0.2) is 0 Å². The standard InChI is InChI=1S/C18H24N4O2/c1-2-24-16-7-5-6-15(20-16)21-10-12-22(13-11-21)17(23)18(14-19)8-3-4-9-18/h5-7H,2-4,8-13H2,1H3. The molecule has 2 fully saturated rings. The Bertz CT molecular complexity index is 626. The molecular formula is C18H24N4O2. The van der Waals surface area contributed by atoms with Gasteiger partial charge in [-0.15, -0.1) is 0 Å². The predicted molar refractivity (Wildman–Crippen MR) is 90.7 cm³/mol. The Labute approximate surface area is 143 Å². The molecule has 1 aliphatic carbocycles. The topological polar surface area (TPSA) is 69.5 Å². The molecule has 3 rings (SSSR count). The summed E-state index contributed by atoms with van der Waals surface area (Å²) in [7, 11) is 0. The Morgan fingerprint density at radius 2 is 2.00 bits per heavy atom. The molecule has 1 aliphatic heterocycles. The molecule has 1 aromatic rings. The number of carbonyl (C=O) groups is 1. The fraction of sp³-hybridized carbons (Fsp3) is 0.611. The van der Waals surface area contributed by atoms with Crippen molar-refractivity contribution in [3.05, 3.63) is 18.2 Å². The van der Waals surface area contributed by atoms with Crippen LogP contribution in [0.3, 0.4) is 0 Å². The van der Waals surface area contributed by atoms with Crippen molar-refractivity contribution < 1.29 is 9.53 Å². The summed E-state index contributed by atoms with van der Waals surface area (Å²) < 4.78 is 5.45. The van der Waals surface area contributed by atoms with Crippen molar-refractivity contribution >= 4 is 11.7 Å². The van der Waals surface area contributed by atoms with Crippen LogP contribution >= 0.6 is 0 Å². The van der Waals surface area contributed by atoms with Crippen molar-refractivity contribution in [2.75, 3.05) is 37.7 Å². The van der Waals surface area contributed by atoms with E-state index < -0.39 is 5.41 Å². The number of hydrogen-bond donors (Lipinski definition) is 0. The van der Waals surface area contributed by atoms with Crippen LogP contribution in [-0.2, 0) is 4.79 Å². The molecule has 24 heavy (non-hydrogen) atoms. The van der Waals surface area contributed by atoms with Crippen molar-refractivity contribution in [1.82, 2.24) is 9.88 Å². The number of carbonyl (C=O) groups excluding carboxylic acids is 1. The molecule has 1 saturated carbocycles. The molecule has 0 radical (unpaired) electrons. The van der Waals surface area contributed by atoms with Gasteiger partial charge in [0.25, 0.3) is 0 Å². The van der Waals surface area contributed by atoms with E-state index in [-0.39, 0.29) is 5.91 Å². The SMILES string of the molecule is CCOc1cccc(N2CCN(C(=O)C3(C#N)CCCC3)CC2)n1. The summed E-state index contributed by atoms with van der Waals surface area (Å²) >= 11 is 0. The predicted octanol–water partition coefficient (Wildman–Crippen LogP) is 2.21. The van der Waals surface area contributed by atoms with Crippen molar-refractivity contribution in [2.24, 2.45) is 5.41 Å². The quantitative estimate of drug-likeness (QED) is 0.847. The van der Waals surface area contributed by atoms with Crippen LogP contribution in [0.5, 0.6) is 5.88 Å². The zero-order chi connectivity index (χ0) is 17.0. The molecule has 1 saturated heterocycles. The van der Waals surface area contributed by atoms with Crippen molar-refractivity contribution in [3.63, 3.8) is 0 Å². The summed E-state index contributed by atoms with van der Waals surface area (Å²) in [4.78, 5) is 21.3. The Balaban J connectivity index is 1.62. The molecule has 2 heterocycles. The number of nitrogens with zero attached hydrogens (tertiary/aromatic N) is 4. The number of anilines is 1. The van der Waals surface area contributed by atoms with E-state index in [1.165, 1.54) is 0 Å². The maximum absolute atomic E-state index is 12.8. The lowest BCUT2D eigenvalue weighted by atomic mass is 9.86. The first-order chi connectivity index (χ1) is 11.7. The molecule has 0 bridgehead atoms. The third-order valence-electron chi connectivity index (χ3n) is 4.97. The zero-order valence-corrected chi connectivity index (χ0v) is 14.2. The van der Waals surface area contributed by atoms with Crippen LogP contribution in [0.1, 0.15) is 32.6 Å². The first-order valence-corrected chi connectivity index (χ1v) is 8.74. The fourth-order valence-electron chi connectivity index (χ4n) is 3.60. The summed E-state index contributed by atoms with van der Waals surface area (Å²) in [5.74, 6) is 1.53. The van der Waals surface area contributed by atoms with E-state index in [9.17, 15) is 10.1 Å². The second kappa shape index (κ2) is 7.08. The number of piperazine rings is 1. The van der Waals surface area contributed by atoms with Gasteiger partial charge >= 0.3 is 0 Å². The van der Waals surface area contributed by atoms with E-state index in [2.05, 4.69) is 16.0 Å². The second-order valence-corrected chi connectivity index (χ2v) is 6.45. The van der Waals surface area contributed by atoms with Gasteiger partial charge in [0.05, 0.1) is 12.7 Å². The Hall–Kier alpha value is -2.29. The maximum Gasteiger partial charge on any atom is 0.243 e. The van der Waals surface area contributed by atoms with Gasteiger partial charge in [-0.25, -0.2) is 0 Å². The van der Waals surface area contributed by atoms with Gasteiger partial charge in [-0.2, -0.15) is 10.2 Å². The highest BCUT2D eigenvalue weighted by Crippen LogP contribution is 2.39. The largest absolute Gasteiger partial charge is 0.478 e. The van der Waals surface area contributed by atoms with Gasteiger partial charge in [-0.05, 0) is 25.8 Å². The lowest BCUT2D eigenvalue weighted by molar-refractivity contribution is -0.139. The average Bonchev–Trinajstić information content (AvgIpc) is 3.12. The third kappa shape index (κ3) is 3.16. The molecule has 0 atom stereocenters. The normalized spacial score (nSPS) is 19.8. The average molecular weight is 328 g/mol. The summed E-state index contributed by atoms with van der Waals surface area (Å²) in [5.41, 5.74) is -0.769. The first-order valence-electron chi connectivity index (χ1n) is 8.74. The number of hydrogen-bond acceptors (Lipinski definition) is 5. The van der Waals surface area contributed by atoms with Gasteiger partial charge in [-0.3, -0.25) is 4.79 Å². The van der Waals surface area contributed by atoms with Gasteiger partial charge in [-0.1, -0.05) is 18.9 Å². The highest BCUT2D eigenvalue weighted by molar-refractivity contribution is 5.86. The van der Waals surface area contributed by atoms with Crippen LogP contribution < -0.4 is 9.64 Å². The van der Waals surface area contributed by atoms with Gasteiger partial charge in [0, 0.05) is 32.2 Å². The molecule has 6 nitrogen and oxygen atoms in total. The smallest absolute Gasteiger partial charge is 0.243 e. The van der Waals surface area contributed by atoms with Crippen molar-refractivity contribution in [2.45, 2.75) is 32.6 Å². The molecule has 1 amide bonds. The lowest BCUT2D eigenvalue weighted by Crippen LogP contribution is -2.52.